The molecule has 0 aliphatic heterocycles. The predicted molar refractivity (Wildman–Crippen MR) is 172 cm³/mol. The van der Waals surface area contributed by atoms with E-state index < -0.39 is 0 Å². The number of rotatable bonds is 16. The van der Waals surface area contributed by atoms with Gasteiger partial charge in [-0.3, -0.25) is 4.79 Å². The average molecular weight is 582 g/mol. The summed E-state index contributed by atoms with van der Waals surface area (Å²) < 4.78 is 13.6. The van der Waals surface area contributed by atoms with Gasteiger partial charge in [0.15, 0.2) is 0 Å². The fourth-order valence-electron chi connectivity index (χ4n) is 4.49. The maximum Gasteiger partial charge on any atom is 0.248 e. The summed E-state index contributed by atoms with van der Waals surface area (Å²) in [5.41, 5.74) is 5.15. The van der Waals surface area contributed by atoms with E-state index in [2.05, 4.69) is 33.9 Å². The zero-order valence-electron chi connectivity index (χ0n) is 24.2. The van der Waals surface area contributed by atoms with Gasteiger partial charge in [0.2, 0.25) is 5.91 Å². The maximum atomic E-state index is 12.6. The van der Waals surface area contributed by atoms with Crippen molar-refractivity contribution in [3.8, 4) is 16.9 Å². The molecule has 7 heteroatoms. The lowest BCUT2D eigenvalue weighted by atomic mass is 10.0. The third-order valence-electron chi connectivity index (χ3n) is 7.10. The summed E-state index contributed by atoms with van der Waals surface area (Å²) in [5, 5.41) is 2.96. The Morgan fingerprint density at radius 2 is 1.86 bits per heavy atom. The van der Waals surface area contributed by atoms with Crippen LogP contribution in [0.1, 0.15) is 43.9 Å². The molecule has 1 aromatic heterocycles. The molecule has 0 saturated heterocycles. The lowest BCUT2D eigenvalue weighted by Gasteiger charge is -2.08. The van der Waals surface area contributed by atoms with Crippen LogP contribution in [0.15, 0.2) is 96.3 Å². The minimum Gasteiger partial charge on any atom is -0.491 e. The third kappa shape index (κ3) is 9.36. The van der Waals surface area contributed by atoms with Crippen LogP contribution in [0.3, 0.4) is 0 Å². The first kappa shape index (κ1) is 29.7. The fourth-order valence-corrected chi connectivity index (χ4v) is 5.37. The Morgan fingerprint density at radius 3 is 2.64 bits per heavy atom. The van der Waals surface area contributed by atoms with Crippen molar-refractivity contribution in [3.05, 3.63) is 103 Å². The number of aromatic nitrogens is 2. The Morgan fingerprint density at radius 1 is 1.02 bits per heavy atom. The van der Waals surface area contributed by atoms with Gasteiger partial charge in [-0.1, -0.05) is 43.7 Å². The molecule has 42 heavy (non-hydrogen) atoms. The lowest BCUT2D eigenvalue weighted by Crippen LogP contribution is -2.07. The average Bonchev–Trinajstić information content (AvgIpc) is 3.73. The number of ether oxygens (including phenoxy) is 2. The van der Waals surface area contributed by atoms with Gasteiger partial charge in [0.25, 0.3) is 0 Å². The topological polar surface area (TPSA) is 65.4 Å². The molecule has 1 saturated carbocycles. The van der Waals surface area contributed by atoms with Crippen molar-refractivity contribution in [2.24, 2.45) is 5.92 Å². The highest BCUT2D eigenvalue weighted by atomic mass is 32.2. The summed E-state index contributed by atoms with van der Waals surface area (Å²) >= 11 is 1.78. The number of anilines is 1. The van der Waals surface area contributed by atoms with E-state index in [0.29, 0.717) is 13.2 Å². The van der Waals surface area contributed by atoms with E-state index in [1.54, 1.807) is 17.8 Å². The van der Waals surface area contributed by atoms with Crippen LogP contribution in [-0.2, 0) is 21.8 Å². The predicted octanol–water partition coefficient (Wildman–Crippen LogP) is 8.10. The van der Waals surface area contributed by atoms with E-state index in [9.17, 15) is 4.79 Å². The fraction of sp³-hybridized carbons (Fsp3) is 0.314. The van der Waals surface area contributed by atoms with E-state index >= 15 is 0 Å². The molecule has 3 aromatic carbocycles. The van der Waals surface area contributed by atoms with Crippen molar-refractivity contribution >= 4 is 29.4 Å². The lowest BCUT2D eigenvalue weighted by molar-refractivity contribution is -0.111. The molecule has 0 unspecified atom stereocenters. The quantitative estimate of drug-likeness (QED) is 0.0823. The minimum absolute atomic E-state index is 0.162. The number of thioether (sulfide) groups is 1. The van der Waals surface area contributed by atoms with Crippen molar-refractivity contribution in [2.75, 3.05) is 25.1 Å². The normalized spacial score (nSPS) is 13.0. The number of carbonyl (C=O) groups excluding carboxylic acids is 1. The van der Waals surface area contributed by atoms with Crippen LogP contribution in [0.4, 0.5) is 5.69 Å². The third-order valence-corrected chi connectivity index (χ3v) is 8.14. The van der Waals surface area contributed by atoms with Crippen LogP contribution in [0.5, 0.6) is 5.75 Å². The van der Waals surface area contributed by atoms with Crippen molar-refractivity contribution < 1.29 is 14.3 Å². The summed E-state index contributed by atoms with van der Waals surface area (Å²) in [5.74, 6) is 2.37. The Bertz CT molecular complexity index is 1440. The van der Waals surface area contributed by atoms with Crippen molar-refractivity contribution in [1.82, 2.24) is 9.55 Å². The van der Waals surface area contributed by atoms with E-state index in [1.165, 1.54) is 18.5 Å². The zero-order valence-corrected chi connectivity index (χ0v) is 25.0. The monoisotopic (exact) mass is 581 g/mol. The molecule has 0 radical (unpaired) electrons. The molecule has 6 nitrogen and oxygen atoms in total. The van der Waals surface area contributed by atoms with Gasteiger partial charge in [-0.15, -0.1) is 11.8 Å². The standard InChI is InChI=1S/C35H39N3O3S/c1-2-3-19-40-20-21-41-33-14-10-29(11-15-33)30-6-4-5-27(22-30)9-18-35(39)37-31-12-16-34(17-13-31)42-25-32-23-36-26-38(32)24-28-7-8-28/h4-6,9-18,22-23,26,28H,2-3,7-8,19-21,24-25H2,1H3,(H,37,39)/b18-9+. The number of hydrogen-bond donors (Lipinski definition) is 1. The summed E-state index contributed by atoms with van der Waals surface area (Å²) in [4.78, 5) is 18.1. The molecule has 5 rings (SSSR count). The molecule has 0 bridgehead atoms. The van der Waals surface area contributed by atoms with E-state index in [1.807, 2.05) is 79.3 Å². The van der Waals surface area contributed by atoms with Gasteiger partial charge in [0.05, 0.1) is 12.9 Å². The van der Waals surface area contributed by atoms with Crippen LogP contribution in [0.25, 0.3) is 17.2 Å². The van der Waals surface area contributed by atoms with Crippen molar-refractivity contribution in [1.29, 1.82) is 0 Å². The Kier molecular flexibility index (Phi) is 10.9. The second-order valence-corrected chi connectivity index (χ2v) is 11.6. The Balaban J connectivity index is 1.08. The van der Waals surface area contributed by atoms with Crippen molar-refractivity contribution in [3.63, 3.8) is 0 Å². The maximum absolute atomic E-state index is 12.6. The van der Waals surface area contributed by atoms with Gasteiger partial charge in [-0.05, 0) is 90.4 Å². The number of amides is 1. The first-order chi connectivity index (χ1) is 20.7. The van der Waals surface area contributed by atoms with Crippen LogP contribution in [0.2, 0.25) is 0 Å². The highest BCUT2D eigenvalue weighted by Gasteiger charge is 2.22. The number of carbonyl (C=O) groups is 1. The van der Waals surface area contributed by atoms with Gasteiger partial charge in [0.1, 0.15) is 12.4 Å². The van der Waals surface area contributed by atoms with Crippen LogP contribution in [0, 0.1) is 5.92 Å². The molecule has 1 fully saturated rings. The second-order valence-electron chi connectivity index (χ2n) is 10.6. The first-order valence-electron chi connectivity index (χ1n) is 14.8. The molecule has 0 spiro atoms. The number of imidazole rings is 1. The van der Waals surface area contributed by atoms with Crippen molar-refractivity contribution in [2.45, 2.75) is 49.8 Å². The molecule has 218 valence electrons. The highest BCUT2D eigenvalue weighted by Crippen LogP contribution is 2.32. The molecule has 1 amide bonds. The smallest absolute Gasteiger partial charge is 0.248 e. The molecule has 4 aromatic rings. The molecule has 1 aliphatic carbocycles. The zero-order chi connectivity index (χ0) is 29.0. The molecule has 1 aliphatic rings. The van der Waals surface area contributed by atoms with Crippen LogP contribution < -0.4 is 10.1 Å². The highest BCUT2D eigenvalue weighted by molar-refractivity contribution is 7.98. The van der Waals surface area contributed by atoms with E-state index in [-0.39, 0.29) is 5.91 Å². The molecule has 1 heterocycles. The number of benzene rings is 3. The molecular weight excluding hydrogens is 542 g/mol. The van der Waals surface area contributed by atoms with Crippen LogP contribution in [-0.4, -0.2) is 35.3 Å². The molecule has 0 atom stereocenters. The van der Waals surface area contributed by atoms with Gasteiger partial charge in [0, 0.05) is 47.5 Å². The first-order valence-corrected chi connectivity index (χ1v) is 15.8. The van der Waals surface area contributed by atoms with E-state index in [4.69, 9.17) is 9.47 Å². The largest absolute Gasteiger partial charge is 0.491 e. The number of unbranched alkanes of at least 4 members (excludes halogenated alkanes) is 1. The number of nitrogens with zero attached hydrogens (tertiary/aromatic N) is 2. The van der Waals surface area contributed by atoms with Gasteiger partial charge < -0.3 is 19.4 Å². The van der Waals surface area contributed by atoms with Crippen LogP contribution >= 0.6 is 11.8 Å². The minimum atomic E-state index is -0.162. The molecular formula is C35H39N3O3S. The Hall–Kier alpha value is -3.81. The summed E-state index contributed by atoms with van der Waals surface area (Å²) in [6, 6.07) is 24.2. The van der Waals surface area contributed by atoms with Gasteiger partial charge in [-0.25, -0.2) is 4.98 Å². The second kappa shape index (κ2) is 15.4. The van der Waals surface area contributed by atoms with Gasteiger partial charge >= 0.3 is 0 Å². The number of nitrogens with one attached hydrogen (secondary N) is 1. The molecule has 1 N–H and O–H groups in total. The SMILES string of the molecule is CCCCOCCOc1ccc(-c2cccc(/C=C/C(=O)Nc3ccc(SCc4cncn4CC4CC4)cc3)c2)cc1. The number of hydrogen-bond acceptors (Lipinski definition) is 5. The summed E-state index contributed by atoms with van der Waals surface area (Å²) in [6.45, 7) is 5.16. The summed E-state index contributed by atoms with van der Waals surface area (Å²) in [7, 11) is 0. The Labute approximate surface area is 253 Å². The van der Waals surface area contributed by atoms with E-state index in [0.717, 1.165) is 70.7 Å². The van der Waals surface area contributed by atoms with Gasteiger partial charge in [-0.2, -0.15) is 0 Å². The summed E-state index contributed by atoms with van der Waals surface area (Å²) in [6.07, 6.45) is 12.2.